The van der Waals surface area contributed by atoms with E-state index in [4.69, 9.17) is 32.9 Å². The molecule has 2 heterocycles. The molecule has 0 radical (unpaired) electrons. The van der Waals surface area contributed by atoms with Crippen LogP contribution in [0.2, 0.25) is 10.0 Å². The summed E-state index contributed by atoms with van der Waals surface area (Å²) < 4.78 is 7.30. The summed E-state index contributed by atoms with van der Waals surface area (Å²) in [6.45, 7) is 6.46. The monoisotopic (exact) mass is 463 g/mol. The number of benzene rings is 1. The number of hydrogen-bond donors (Lipinski definition) is 0. The average Bonchev–Trinajstić information content (AvgIpc) is 2.99. The van der Waals surface area contributed by atoms with Crippen LogP contribution in [0.25, 0.3) is 0 Å². The highest BCUT2D eigenvalue weighted by Gasteiger charge is 2.21. The van der Waals surface area contributed by atoms with Crippen LogP contribution in [-0.2, 0) is 22.5 Å². The van der Waals surface area contributed by atoms with Crippen molar-refractivity contribution in [1.82, 2.24) is 14.5 Å². The second kappa shape index (κ2) is 10.3. The van der Waals surface area contributed by atoms with E-state index in [1.54, 1.807) is 24.0 Å². The van der Waals surface area contributed by atoms with Gasteiger partial charge in [-0.1, -0.05) is 54.9 Å². The molecule has 0 unspecified atom stereocenters. The van der Waals surface area contributed by atoms with Crippen molar-refractivity contribution in [1.29, 1.82) is 0 Å². The zero-order valence-corrected chi connectivity index (χ0v) is 19.4. The Labute approximate surface area is 190 Å². The smallest absolute Gasteiger partial charge is 0.302 e. The minimum absolute atomic E-state index is 0.208. The Morgan fingerprint density at radius 1 is 1.20 bits per heavy atom. The van der Waals surface area contributed by atoms with Crippen LogP contribution >= 0.6 is 35.0 Å². The summed E-state index contributed by atoms with van der Waals surface area (Å²) >= 11 is 14.0. The van der Waals surface area contributed by atoms with Gasteiger partial charge in [0.1, 0.15) is 10.9 Å². The average molecular weight is 464 g/mol. The van der Waals surface area contributed by atoms with Gasteiger partial charge in [0.05, 0.1) is 24.5 Å². The van der Waals surface area contributed by atoms with Crippen LogP contribution < -0.4 is 0 Å². The topological polar surface area (TPSA) is 57.0 Å². The van der Waals surface area contributed by atoms with Crippen LogP contribution in [0.15, 0.2) is 52.5 Å². The maximum atomic E-state index is 11.2. The van der Waals surface area contributed by atoms with Gasteiger partial charge in [0.15, 0.2) is 0 Å². The van der Waals surface area contributed by atoms with Gasteiger partial charge in [0.25, 0.3) is 0 Å². The van der Waals surface area contributed by atoms with Crippen LogP contribution in [0.4, 0.5) is 0 Å². The zero-order valence-electron chi connectivity index (χ0n) is 17.1. The lowest BCUT2D eigenvalue weighted by Crippen LogP contribution is -2.11. The molecule has 0 fully saturated rings. The van der Waals surface area contributed by atoms with E-state index in [-0.39, 0.29) is 18.5 Å². The summed E-state index contributed by atoms with van der Waals surface area (Å²) in [6, 6.07) is 11.3. The molecule has 0 amide bonds. The van der Waals surface area contributed by atoms with E-state index < -0.39 is 0 Å². The molecule has 0 atom stereocenters. The van der Waals surface area contributed by atoms with Gasteiger partial charge in [-0.25, -0.2) is 4.98 Å². The number of ether oxygens (including phenoxy) is 1. The van der Waals surface area contributed by atoms with Crippen LogP contribution in [0.1, 0.15) is 43.9 Å². The number of nitrogens with zero attached hydrogens (tertiary/aromatic N) is 3. The van der Waals surface area contributed by atoms with Crippen molar-refractivity contribution in [3.63, 3.8) is 0 Å². The first-order valence-electron chi connectivity index (χ1n) is 9.60. The fraction of sp³-hybridized carbons (Fsp3) is 0.318. The van der Waals surface area contributed by atoms with Gasteiger partial charge >= 0.3 is 5.97 Å². The lowest BCUT2D eigenvalue weighted by atomic mass is 10.1. The summed E-state index contributed by atoms with van der Waals surface area (Å²) in [5.74, 6) is 0.755. The first kappa shape index (κ1) is 22.7. The minimum atomic E-state index is -0.301. The Morgan fingerprint density at radius 3 is 2.53 bits per heavy atom. The Morgan fingerprint density at radius 2 is 1.93 bits per heavy atom. The van der Waals surface area contributed by atoms with Crippen molar-refractivity contribution in [2.45, 2.75) is 49.6 Å². The molecule has 3 aromatic rings. The fourth-order valence-electron chi connectivity index (χ4n) is 2.98. The largest absolute Gasteiger partial charge is 0.465 e. The summed E-state index contributed by atoms with van der Waals surface area (Å²) in [7, 11) is 0. The van der Waals surface area contributed by atoms with E-state index in [0.717, 1.165) is 27.1 Å². The quantitative estimate of drug-likeness (QED) is 0.382. The standard InChI is InChI=1S/C22H23Cl2N3O2S/c1-14(2)21-22(30-19-11-16(23)10-17(24)12-19)27(13-18-6-4-5-8-25-18)20(26-21)7-9-29-15(3)28/h4-6,8,10-12,14H,7,9,13H2,1-3H3. The fourth-order valence-corrected chi connectivity index (χ4v) is 4.90. The van der Waals surface area contributed by atoms with Gasteiger partial charge in [0, 0.05) is 34.5 Å². The highest BCUT2D eigenvalue weighted by atomic mass is 35.5. The van der Waals surface area contributed by atoms with Crippen LogP contribution in [0.3, 0.4) is 0 Å². The first-order chi connectivity index (χ1) is 14.3. The van der Waals surface area contributed by atoms with Crippen molar-refractivity contribution in [2.75, 3.05) is 6.61 Å². The number of pyridine rings is 1. The molecule has 0 saturated carbocycles. The third-order valence-corrected chi connectivity index (χ3v) is 5.83. The lowest BCUT2D eigenvalue weighted by Gasteiger charge is -2.13. The molecule has 5 nitrogen and oxygen atoms in total. The number of carbonyl (C=O) groups is 1. The Bertz CT molecular complexity index is 1000. The first-order valence-corrected chi connectivity index (χ1v) is 11.2. The molecule has 0 spiro atoms. The number of imidazole rings is 1. The highest BCUT2D eigenvalue weighted by Crippen LogP contribution is 2.37. The second-order valence-corrected chi connectivity index (χ2v) is 9.01. The third kappa shape index (κ3) is 6.00. The van der Waals surface area contributed by atoms with Crippen LogP contribution in [0.5, 0.6) is 0 Å². The number of esters is 1. The number of aromatic nitrogens is 3. The summed E-state index contributed by atoms with van der Waals surface area (Å²) in [5, 5.41) is 2.18. The molecule has 30 heavy (non-hydrogen) atoms. The van der Waals surface area contributed by atoms with Gasteiger partial charge < -0.3 is 9.30 Å². The highest BCUT2D eigenvalue weighted by molar-refractivity contribution is 7.99. The number of halogens is 2. The van der Waals surface area contributed by atoms with E-state index in [0.29, 0.717) is 23.0 Å². The van der Waals surface area contributed by atoms with E-state index >= 15 is 0 Å². The molecular weight excluding hydrogens is 441 g/mol. The molecule has 0 N–H and O–H groups in total. The molecule has 8 heteroatoms. The summed E-state index contributed by atoms with van der Waals surface area (Å²) in [6.07, 6.45) is 2.29. The molecule has 0 aliphatic heterocycles. The zero-order chi connectivity index (χ0) is 21.7. The Kier molecular flexibility index (Phi) is 7.81. The summed E-state index contributed by atoms with van der Waals surface area (Å²) in [4.78, 5) is 21.5. The maximum Gasteiger partial charge on any atom is 0.302 e. The van der Waals surface area contributed by atoms with Gasteiger partial charge in [-0.2, -0.15) is 0 Å². The predicted molar refractivity (Wildman–Crippen MR) is 121 cm³/mol. The summed E-state index contributed by atoms with van der Waals surface area (Å²) in [5.41, 5.74) is 1.90. The van der Waals surface area contributed by atoms with Crippen molar-refractivity contribution in [3.8, 4) is 0 Å². The molecule has 0 aliphatic rings. The van der Waals surface area contributed by atoms with Gasteiger partial charge in [-0.3, -0.25) is 9.78 Å². The van der Waals surface area contributed by atoms with Gasteiger partial charge in [-0.15, -0.1) is 0 Å². The number of carbonyl (C=O) groups excluding carboxylic acids is 1. The minimum Gasteiger partial charge on any atom is -0.465 e. The molecule has 0 aliphatic carbocycles. The van der Waals surface area contributed by atoms with Gasteiger partial charge in [-0.05, 0) is 36.2 Å². The molecule has 2 aromatic heterocycles. The lowest BCUT2D eigenvalue weighted by molar-refractivity contribution is -0.140. The molecular formula is C22H23Cl2N3O2S. The van der Waals surface area contributed by atoms with Gasteiger partial charge in [0.2, 0.25) is 0 Å². The van der Waals surface area contributed by atoms with E-state index in [9.17, 15) is 4.79 Å². The number of rotatable bonds is 8. The normalized spacial score (nSPS) is 11.1. The Hall–Kier alpha value is -2.02. The second-order valence-electron chi connectivity index (χ2n) is 7.08. The van der Waals surface area contributed by atoms with Crippen molar-refractivity contribution in [2.24, 2.45) is 0 Å². The number of hydrogen-bond acceptors (Lipinski definition) is 5. The molecule has 1 aromatic carbocycles. The third-order valence-electron chi connectivity index (χ3n) is 4.30. The SMILES string of the molecule is CC(=O)OCCc1nc(C(C)C)c(Sc2cc(Cl)cc(Cl)c2)n1Cc1ccccn1. The molecule has 0 bridgehead atoms. The van der Waals surface area contributed by atoms with E-state index in [1.807, 2.05) is 30.3 Å². The predicted octanol–water partition coefficient (Wildman–Crippen LogP) is 6.01. The van der Waals surface area contributed by atoms with Crippen molar-refractivity contribution >= 4 is 40.9 Å². The van der Waals surface area contributed by atoms with Crippen molar-refractivity contribution in [3.05, 3.63) is 69.9 Å². The maximum absolute atomic E-state index is 11.2. The molecule has 0 saturated heterocycles. The van der Waals surface area contributed by atoms with E-state index in [2.05, 4.69) is 23.4 Å². The van der Waals surface area contributed by atoms with Crippen LogP contribution in [-0.4, -0.2) is 27.1 Å². The Balaban J connectivity index is 2.03. The van der Waals surface area contributed by atoms with Crippen molar-refractivity contribution < 1.29 is 9.53 Å². The molecule has 3 rings (SSSR count). The van der Waals surface area contributed by atoms with Crippen LogP contribution in [0, 0.1) is 0 Å². The van der Waals surface area contributed by atoms with E-state index in [1.165, 1.54) is 6.92 Å². The molecule has 158 valence electrons.